The molecule has 1 aliphatic heterocycles. The first-order chi connectivity index (χ1) is 10.3. The van der Waals surface area contributed by atoms with Crippen LogP contribution >= 0.6 is 0 Å². The van der Waals surface area contributed by atoms with Gasteiger partial charge >= 0.3 is 5.97 Å². The molecule has 5 nitrogen and oxygen atoms in total. The Labute approximate surface area is 123 Å². The second-order valence-electron chi connectivity index (χ2n) is 5.29. The standard InChI is InChI=1S/C16H18N2O3/c19-16(20)13-4-1-2-10-18(13)15(14-5-3-11-21-14)12-6-8-17-9-7-12/h3,5-9,11,13,15H,1-2,4,10H2,(H,19,20). The van der Waals surface area contributed by atoms with Crippen LogP contribution in [0.25, 0.3) is 0 Å². The summed E-state index contributed by atoms with van der Waals surface area (Å²) in [7, 11) is 0. The third kappa shape index (κ3) is 2.83. The average molecular weight is 286 g/mol. The smallest absolute Gasteiger partial charge is 0.320 e. The van der Waals surface area contributed by atoms with Crippen molar-refractivity contribution in [3.63, 3.8) is 0 Å². The predicted octanol–water partition coefficient (Wildman–Crippen LogP) is 2.70. The first-order valence-electron chi connectivity index (χ1n) is 7.19. The highest BCUT2D eigenvalue weighted by Gasteiger charge is 2.36. The fraction of sp³-hybridized carbons (Fsp3) is 0.375. The highest BCUT2D eigenvalue weighted by Crippen LogP contribution is 2.34. The predicted molar refractivity (Wildman–Crippen MR) is 76.8 cm³/mol. The number of hydrogen-bond donors (Lipinski definition) is 1. The topological polar surface area (TPSA) is 66.6 Å². The van der Waals surface area contributed by atoms with E-state index in [1.165, 1.54) is 0 Å². The van der Waals surface area contributed by atoms with E-state index < -0.39 is 12.0 Å². The third-order valence-corrected chi connectivity index (χ3v) is 4.00. The molecule has 0 saturated carbocycles. The van der Waals surface area contributed by atoms with Crippen molar-refractivity contribution in [2.24, 2.45) is 0 Å². The van der Waals surface area contributed by atoms with E-state index >= 15 is 0 Å². The Kier molecular flexibility index (Phi) is 4.01. The van der Waals surface area contributed by atoms with Gasteiger partial charge < -0.3 is 9.52 Å². The molecule has 2 aromatic rings. The highest BCUT2D eigenvalue weighted by molar-refractivity contribution is 5.73. The highest BCUT2D eigenvalue weighted by atomic mass is 16.4. The summed E-state index contributed by atoms with van der Waals surface area (Å²) in [5.41, 5.74) is 1.01. The molecule has 1 saturated heterocycles. The van der Waals surface area contributed by atoms with Gasteiger partial charge in [-0.25, -0.2) is 0 Å². The lowest BCUT2D eigenvalue weighted by molar-refractivity contribution is -0.145. The Bertz CT molecular complexity index is 583. The first kappa shape index (κ1) is 13.8. The quantitative estimate of drug-likeness (QED) is 0.936. The molecule has 21 heavy (non-hydrogen) atoms. The third-order valence-electron chi connectivity index (χ3n) is 4.00. The fourth-order valence-corrected chi connectivity index (χ4v) is 3.04. The molecule has 1 aliphatic rings. The SMILES string of the molecule is O=C(O)C1CCCCN1C(c1ccncc1)c1ccco1. The van der Waals surface area contributed by atoms with Gasteiger partial charge in [-0.2, -0.15) is 0 Å². The van der Waals surface area contributed by atoms with Gasteiger partial charge in [0.05, 0.1) is 12.3 Å². The van der Waals surface area contributed by atoms with E-state index in [4.69, 9.17) is 4.42 Å². The van der Waals surface area contributed by atoms with Gasteiger partial charge in [0.2, 0.25) is 0 Å². The van der Waals surface area contributed by atoms with Gasteiger partial charge in [-0.1, -0.05) is 6.42 Å². The maximum Gasteiger partial charge on any atom is 0.320 e. The van der Waals surface area contributed by atoms with Gasteiger partial charge in [0.1, 0.15) is 11.8 Å². The summed E-state index contributed by atoms with van der Waals surface area (Å²) in [5, 5.41) is 9.52. The van der Waals surface area contributed by atoms with Crippen LogP contribution in [0.4, 0.5) is 0 Å². The minimum atomic E-state index is -0.764. The van der Waals surface area contributed by atoms with Crippen LogP contribution in [0.1, 0.15) is 36.6 Å². The number of pyridine rings is 1. The molecule has 110 valence electrons. The molecule has 0 radical (unpaired) electrons. The van der Waals surface area contributed by atoms with Crippen LogP contribution in [-0.4, -0.2) is 33.5 Å². The molecule has 0 amide bonds. The van der Waals surface area contributed by atoms with Crippen molar-refractivity contribution >= 4 is 5.97 Å². The second kappa shape index (κ2) is 6.10. The first-order valence-corrected chi connectivity index (χ1v) is 7.19. The Morgan fingerprint density at radius 3 is 2.81 bits per heavy atom. The van der Waals surface area contributed by atoms with Gasteiger partial charge in [-0.3, -0.25) is 14.7 Å². The number of rotatable bonds is 4. The van der Waals surface area contributed by atoms with Crippen LogP contribution < -0.4 is 0 Å². The second-order valence-corrected chi connectivity index (χ2v) is 5.29. The van der Waals surface area contributed by atoms with Crippen molar-refractivity contribution in [3.05, 3.63) is 54.2 Å². The van der Waals surface area contributed by atoms with E-state index in [9.17, 15) is 9.90 Å². The zero-order chi connectivity index (χ0) is 14.7. The van der Waals surface area contributed by atoms with Gasteiger partial charge in [0.25, 0.3) is 0 Å². The van der Waals surface area contributed by atoms with Crippen molar-refractivity contribution in [1.29, 1.82) is 0 Å². The van der Waals surface area contributed by atoms with E-state index in [0.29, 0.717) is 6.42 Å². The molecule has 3 heterocycles. The van der Waals surface area contributed by atoms with Gasteiger partial charge in [-0.15, -0.1) is 0 Å². The van der Waals surface area contributed by atoms with Crippen molar-refractivity contribution in [1.82, 2.24) is 9.88 Å². The summed E-state index contributed by atoms with van der Waals surface area (Å²) in [6, 6.07) is 6.93. The summed E-state index contributed by atoms with van der Waals surface area (Å²) in [6.07, 6.45) is 7.72. The maximum atomic E-state index is 11.6. The van der Waals surface area contributed by atoms with E-state index in [0.717, 1.165) is 30.7 Å². The minimum absolute atomic E-state index is 0.176. The molecule has 2 unspecified atom stereocenters. The van der Waals surface area contributed by atoms with E-state index in [2.05, 4.69) is 4.98 Å². The molecule has 2 aromatic heterocycles. The number of likely N-dealkylation sites (tertiary alicyclic amines) is 1. The Balaban J connectivity index is 2.00. The average Bonchev–Trinajstić information content (AvgIpc) is 3.03. The van der Waals surface area contributed by atoms with Crippen molar-refractivity contribution in [3.8, 4) is 0 Å². The van der Waals surface area contributed by atoms with E-state index in [1.807, 2.05) is 29.2 Å². The lowest BCUT2D eigenvalue weighted by Crippen LogP contribution is -2.46. The van der Waals surface area contributed by atoms with Gasteiger partial charge in [0, 0.05) is 18.9 Å². The number of carboxylic acids is 1. The molecule has 1 fully saturated rings. The summed E-state index contributed by atoms with van der Waals surface area (Å²) < 4.78 is 5.58. The Morgan fingerprint density at radius 2 is 2.14 bits per heavy atom. The van der Waals surface area contributed by atoms with Crippen molar-refractivity contribution in [2.45, 2.75) is 31.3 Å². The molecule has 0 bridgehead atoms. The summed E-state index contributed by atoms with van der Waals surface area (Å²) in [6.45, 7) is 0.755. The molecule has 0 spiro atoms. The lowest BCUT2D eigenvalue weighted by atomic mass is 9.95. The van der Waals surface area contributed by atoms with Crippen LogP contribution in [0.5, 0.6) is 0 Å². The molecule has 3 rings (SSSR count). The maximum absolute atomic E-state index is 11.6. The molecular formula is C16H18N2O3. The number of piperidine rings is 1. The van der Waals surface area contributed by atoms with Crippen LogP contribution in [0.2, 0.25) is 0 Å². The summed E-state index contributed by atoms with van der Waals surface area (Å²) >= 11 is 0. The van der Waals surface area contributed by atoms with Crippen molar-refractivity contribution in [2.75, 3.05) is 6.54 Å². The van der Waals surface area contributed by atoms with Crippen LogP contribution in [0, 0.1) is 0 Å². The molecular weight excluding hydrogens is 268 g/mol. The lowest BCUT2D eigenvalue weighted by Gasteiger charge is -2.38. The summed E-state index contributed by atoms with van der Waals surface area (Å²) in [5.74, 6) is 0.00895. The number of carbonyl (C=O) groups is 1. The number of aliphatic carboxylic acids is 1. The number of hydrogen-bond acceptors (Lipinski definition) is 4. The van der Waals surface area contributed by atoms with Crippen LogP contribution in [-0.2, 0) is 4.79 Å². The monoisotopic (exact) mass is 286 g/mol. The van der Waals surface area contributed by atoms with Crippen molar-refractivity contribution < 1.29 is 14.3 Å². The van der Waals surface area contributed by atoms with Gasteiger partial charge in [0.15, 0.2) is 0 Å². The van der Waals surface area contributed by atoms with E-state index in [1.54, 1.807) is 18.7 Å². The zero-order valence-corrected chi connectivity index (χ0v) is 11.7. The Hall–Kier alpha value is -2.14. The van der Waals surface area contributed by atoms with Crippen LogP contribution in [0.3, 0.4) is 0 Å². The number of aromatic nitrogens is 1. The fourth-order valence-electron chi connectivity index (χ4n) is 3.04. The molecule has 2 atom stereocenters. The molecule has 0 aromatic carbocycles. The normalized spacial score (nSPS) is 21.0. The van der Waals surface area contributed by atoms with Crippen LogP contribution in [0.15, 0.2) is 47.3 Å². The Morgan fingerprint density at radius 1 is 1.33 bits per heavy atom. The molecule has 0 aliphatic carbocycles. The summed E-state index contributed by atoms with van der Waals surface area (Å²) in [4.78, 5) is 17.7. The zero-order valence-electron chi connectivity index (χ0n) is 11.7. The number of carboxylic acid groups (broad SMARTS) is 1. The molecule has 5 heteroatoms. The number of furan rings is 1. The van der Waals surface area contributed by atoms with Gasteiger partial charge in [-0.05, 0) is 42.7 Å². The number of nitrogens with zero attached hydrogens (tertiary/aromatic N) is 2. The largest absolute Gasteiger partial charge is 0.480 e. The van der Waals surface area contributed by atoms with E-state index in [-0.39, 0.29) is 6.04 Å². The minimum Gasteiger partial charge on any atom is -0.480 e. The molecule has 1 N–H and O–H groups in total.